The van der Waals surface area contributed by atoms with Gasteiger partial charge in [-0.05, 0) is 90.2 Å². The molecular weight excluding hydrogens is 469 g/mol. The second-order valence-corrected chi connectivity index (χ2v) is 10.3. The second kappa shape index (κ2) is 12.5. The molecule has 200 valence electrons. The molecule has 1 fully saturated rings. The summed E-state index contributed by atoms with van der Waals surface area (Å²) in [5, 5.41) is 16.5. The fourth-order valence-electron chi connectivity index (χ4n) is 4.89. The summed E-state index contributed by atoms with van der Waals surface area (Å²) in [5.41, 5.74) is 3.95. The van der Waals surface area contributed by atoms with E-state index in [1.54, 1.807) is 6.20 Å². The fraction of sp³-hybridized carbons (Fsp3) is 0.536. The highest BCUT2D eigenvalue weighted by molar-refractivity contribution is 5.65. The van der Waals surface area contributed by atoms with Crippen molar-refractivity contribution >= 4 is 17.3 Å². The maximum absolute atomic E-state index is 15.2. The summed E-state index contributed by atoms with van der Waals surface area (Å²) in [6.07, 6.45) is 10.6. The third-order valence-electron chi connectivity index (χ3n) is 7.18. The molecule has 8 nitrogen and oxygen atoms in total. The second-order valence-electron chi connectivity index (χ2n) is 10.3. The molecule has 0 atom stereocenters. The maximum atomic E-state index is 15.2. The van der Waals surface area contributed by atoms with Gasteiger partial charge in [-0.3, -0.25) is 4.68 Å². The van der Waals surface area contributed by atoms with Crippen LogP contribution in [0.1, 0.15) is 57.6 Å². The Hall–Kier alpha value is -3.04. The molecule has 0 unspecified atom stereocenters. The van der Waals surface area contributed by atoms with Crippen LogP contribution in [-0.2, 0) is 0 Å². The van der Waals surface area contributed by atoms with Crippen molar-refractivity contribution in [2.45, 2.75) is 65.0 Å². The van der Waals surface area contributed by atoms with Crippen LogP contribution in [0, 0.1) is 12.7 Å². The number of hydrogen-bond acceptors (Lipinski definition) is 7. The highest BCUT2D eigenvalue weighted by Gasteiger charge is 2.24. The lowest BCUT2D eigenvalue weighted by molar-refractivity contribution is 0.200. The first-order valence-electron chi connectivity index (χ1n) is 13.4. The molecule has 0 saturated carbocycles. The lowest BCUT2D eigenvalue weighted by atomic mass is 10.0. The van der Waals surface area contributed by atoms with Crippen molar-refractivity contribution in [1.82, 2.24) is 24.6 Å². The van der Waals surface area contributed by atoms with Crippen LogP contribution in [-0.4, -0.2) is 69.1 Å². The fourth-order valence-corrected chi connectivity index (χ4v) is 4.89. The van der Waals surface area contributed by atoms with E-state index in [4.69, 9.17) is 5.11 Å². The molecule has 4 rings (SSSR count). The molecule has 0 aliphatic carbocycles. The quantitative estimate of drug-likeness (QED) is 0.345. The predicted molar refractivity (Wildman–Crippen MR) is 147 cm³/mol. The van der Waals surface area contributed by atoms with E-state index in [9.17, 15) is 0 Å². The highest BCUT2D eigenvalue weighted by atomic mass is 19.1. The third-order valence-corrected chi connectivity index (χ3v) is 7.18. The zero-order valence-electron chi connectivity index (χ0n) is 22.5. The number of rotatable bonds is 11. The molecule has 1 aromatic carbocycles. The van der Waals surface area contributed by atoms with E-state index in [0.717, 1.165) is 68.6 Å². The molecule has 2 aromatic heterocycles. The van der Waals surface area contributed by atoms with E-state index < -0.39 is 0 Å². The van der Waals surface area contributed by atoms with Gasteiger partial charge in [0, 0.05) is 55.4 Å². The van der Waals surface area contributed by atoms with E-state index >= 15 is 4.39 Å². The standard InChI is InChI=1S/C28H40FN7O/c1-20(2)36-19-22(18-31-36)27-21(3)17-30-28(33-27)32-23-8-9-26(25(29)16-23)35-13-10-24(11-14-35)34(4)12-6-5-7-15-37/h8-9,16-20,24,37H,5-7,10-15H2,1-4H3,(H,30,32,33). The van der Waals surface area contributed by atoms with Crippen molar-refractivity contribution in [3.05, 3.63) is 48.2 Å². The number of aromatic nitrogens is 4. The molecule has 3 heterocycles. The van der Waals surface area contributed by atoms with Gasteiger partial charge >= 0.3 is 0 Å². The zero-order valence-corrected chi connectivity index (χ0v) is 22.5. The molecule has 3 aromatic rings. The summed E-state index contributed by atoms with van der Waals surface area (Å²) in [6.45, 7) is 9.12. The Balaban J connectivity index is 1.37. The summed E-state index contributed by atoms with van der Waals surface area (Å²) in [5.74, 6) is 0.180. The first-order valence-corrected chi connectivity index (χ1v) is 13.4. The molecule has 0 bridgehead atoms. The molecular formula is C28H40FN7O. The number of nitrogens with zero attached hydrogens (tertiary/aromatic N) is 6. The van der Waals surface area contributed by atoms with Gasteiger partial charge in [0.05, 0.1) is 17.6 Å². The van der Waals surface area contributed by atoms with Crippen LogP contribution >= 0.6 is 0 Å². The molecule has 2 N–H and O–H groups in total. The molecule has 9 heteroatoms. The summed E-state index contributed by atoms with van der Waals surface area (Å²) < 4.78 is 17.1. The number of halogens is 1. The predicted octanol–water partition coefficient (Wildman–Crippen LogP) is 5.18. The third kappa shape index (κ3) is 6.84. The van der Waals surface area contributed by atoms with Gasteiger partial charge in [0.15, 0.2) is 0 Å². The summed E-state index contributed by atoms with van der Waals surface area (Å²) in [4.78, 5) is 13.6. The lowest BCUT2D eigenvalue weighted by Gasteiger charge is -2.38. The Kier molecular flexibility index (Phi) is 9.10. The Bertz CT molecular complexity index is 1160. The van der Waals surface area contributed by atoms with Crippen molar-refractivity contribution < 1.29 is 9.50 Å². The van der Waals surface area contributed by atoms with Crippen LogP contribution in [0.2, 0.25) is 0 Å². The Morgan fingerprint density at radius 3 is 2.62 bits per heavy atom. The minimum Gasteiger partial charge on any atom is -0.396 e. The number of piperidine rings is 1. The monoisotopic (exact) mass is 509 g/mol. The van der Waals surface area contributed by atoms with Crippen LogP contribution in [0.25, 0.3) is 11.3 Å². The number of anilines is 3. The summed E-state index contributed by atoms with van der Waals surface area (Å²) in [7, 11) is 2.18. The topological polar surface area (TPSA) is 82.3 Å². The number of aliphatic hydroxyl groups is 1. The van der Waals surface area contributed by atoms with E-state index in [0.29, 0.717) is 23.4 Å². The minimum atomic E-state index is -0.244. The molecule has 1 aliphatic rings. The highest BCUT2D eigenvalue weighted by Crippen LogP contribution is 2.29. The average molecular weight is 510 g/mol. The molecule has 0 spiro atoms. The van der Waals surface area contributed by atoms with Crippen molar-refractivity contribution in [2.24, 2.45) is 0 Å². The van der Waals surface area contributed by atoms with Crippen molar-refractivity contribution in [1.29, 1.82) is 0 Å². The van der Waals surface area contributed by atoms with E-state index in [1.807, 2.05) is 36.1 Å². The van der Waals surface area contributed by atoms with E-state index in [-0.39, 0.29) is 18.5 Å². The number of aryl methyl sites for hydroxylation is 1. The Morgan fingerprint density at radius 2 is 1.95 bits per heavy atom. The normalized spacial score (nSPS) is 14.6. The zero-order chi connectivity index (χ0) is 26.4. The molecule has 1 saturated heterocycles. The van der Waals surface area contributed by atoms with Crippen molar-refractivity contribution in [3.63, 3.8) is 0 Å². The Labute approximate surface area is 219 Å². The lowest BCUT2D eigenvalue weighted by Crippen LogP contribution is -2.44. The van der Waals surface area contributed by atoms with Gasteiger partial charge in [-0.2, -0.15) is 5.10 Å². The number of nitrogens with one attached hydrogen (secondary N) is 1. The first-order chi connectivity index (χ1) is 17.9. The van der Waals surface area contributed by atoms with Gasteiger partial charge in [0.2, 0.25) is 5.95 Å². The summed E-state index contributed by atoms with van der Waals surface area (Å²) >= 11 is 0. The van der Waals surface area contributed by atoms with Gasteiger partial charge in [-0.1, -0.05) is 0 Å². The molecule has 1 aliphatic heterocycles. The van der Waals surface area contributed by atoms with Crippen molar-refractivity contribution in [3.8, 4) is 11.3 Å². The van der Waals surface area contributed by atoms with Crippen LogP contribution < -0.4 is 10.2 Å². The van der Waals surface area contributed by atoms with Crippen LogP contribution in [0.5, 0.6) is 0 Å². The van der Waals surface area contributed by atoms with Crippen molar-refractivity contribution in [2.75, 3.05) is 43.5 Å². The largest absolute Gasteiger partial charge is 0.396 e. The van der Waals surface area contributed by atoms with Gasteiger partial charge in [0.25, 0.3) is 0 Å². The number of benzene rings is 1. The number of aliphatic hydroxyl groups excluding tert-OH is 1. The van der Waals surface area contributed by atoms with Crippen LogP contribution in [0.15, 0.2) is 36.8 Å². The molecule has 0 radical (unpaired) electrons. The minimum absolute atomic E-state index is 0.244. The van der Waals surface area contributed by atoms with Gasteiger partial charge in [-0.25, -0.2) is 14.4 Å². The summed E-state index contributed by atoms with van der Waals surface area (Å²) in [6, 6.07) is 6.04. The average Bonchev–Trinajstić information content (AvgIpc) is 3.39. The molecule has 0 amide bonds. The van der Waals surface area contributed by atoms with Gasteiger partial charge < -0.3 is 20.2 Å². The molecule has 37 heavy (non-hydrogen) atoms. The first kappa shape index (κ1) is 27.0. The number of unbranched alkanes of at least 4 members (excludes halogenated alkanes) is 2. The van der Waals surface area contributed by atoms with E-state index in [1.165, 1.54) is 6.07 Å². The number of hydrogen-bond donors (Lipinski definition) is 2. The van der Waals surface area contributed by atoms with Gasteiger partial charge in [-0.15, -0.1) is 0 Å². The van der Waals surface area contributed by atoms with Crippen LogP contribution in [0.3, 0.4) is 0 Å². The SMILES string of the molecule is Cc1cnc(Nc2ccc(N3CCC(N(C)CCCCCO)CC3)c(F)c2)nc1-c1cnn(C(C)C)c1. The Morgan fingerprint density at radius 1 is 1.16 bits per heavy atom. The van der Waals surface area contributed by atoms with Gasteiger partial charge in [0.1, 0.15) is 5.82 Å². The maximum Gasteiger partial charge on any atom is 0.227 e. The smallest absolute Gasteiger partial charge is 0.227 e. The van der Waals surface area contributed by atoms with E-state index in [2.05, 4.69) is 51.1 Å². The van der Waals surface area contributed by atoms with Crippen LogP contribution in [0.4, 0.5) is 21.7 Å².